The second-order valence-electron chi connectivity index (χ2n) is 4.89. The van der Waals surface area contributed by atoms with Crippen LogP contribution in [0.25, 0.3) is 0 Å². The van der Waals surface area contributed by atoms with Gasteiger partial charge in [0, 0.05) is 19.2 Å². The lowest BCUT2D eigenvalue weighted by atomic mass is 10.0. The Morgan fingerprint density at radius 3 is 2.85 bits per heavy atom. The predicted molar refractivity (Wildman–Crippen MR) is 73.5 cm³/mol. The molecule has 1 saturated heterocycles. The van der Waals surface area contributed by atoms with Crippen LogP contribution in [0.2, 0.25) is 0 Å². The third-order valence-electron chi connectivity index (χ3n) is 3.38. The number of carbonyl (C=O) groups is 3. The van der Waals surface area contributed by atoms with E-state index in [0.29, 0.717) is 12.1 Å². The molecule has 1 atom stereocenters. The monoisotopic (exact) mass is 275 g/mol. The molecule has 0 bridgehead atoms. The van der Waals surface area contributed by atoms with Gasteiger partial charge in [0.15, 0.2) is 0 Å². The molecule has 3 N–H and O–H groups in total. The van der Waals surface area contributed by atoms with E-state index in [2.05, 4.69) is 5.32 Å². The van der Waals surface area contributed by atoms with Crippen LogP contribution in [0.15, 0.2) is 24.3 Å². The minimum absolute atomic E-state index is 0.176. The summed E-state index contributed by atoms with van der Waals surface area (Å²) < 4.78 is 0. The van der Waals surface area contributed by atoms with Gasteiger partial charge in [0.05, 0.1) is 6.42 Å². The Morgan fingerprint density at radius 1 is 1.45 bits per heavy atom. The van der Waals surface area contributed by atoms with E-state index in [-0.39, 0.29) is 24.7 Å². The zero-order valence-corrected chi connectivity index (χ0v) is 11.3. The third-order valence-corrected chi connectivity index (χ3v) is 3.38. The molecular weight excluding hydrogens is 258 g/mol. The van der Waals surface area contributed by atoms with E-state index < -0.39 is 11.9 Å². The van der Waals surface area contributed by atoms with E-state index in [1.165, 1.54) is 4.90 Å². The van der Waals surface area contributed by atoms with Crippen LogP contribution in [0.1, 0.15) is 18.4 Å². The van der Waals surface area contributed by atoms with Gasteiger partial charge in [-0.2, -0.15) is 0 Å². The van der Waals surface area contributed by atoms with E-state index in [9.17, 15) is 14.4 Å². The number of nitrogens with one attached hydrogen (secondary N) is 1. The maximum atomic E-state index is 12.2. The number of likely N-dealkylation sites (N-methyl/N-ethyl adjacent to an activating group) is 1. The number of piperidine rings is 1. The second kappa shape index (κ2) is 5.73. The van der Waals surface area contributed by atoms with Gasteiger partial charge in [-0.25, -0.2) is 0 Å². The van der Waals surface area contributed by atoms with E-state index in [1.54, 1.807) is 25.2 Å². The second-order valence-corrected chi connectivity index (χ2v) is 4.89. The highest BCUT2D eigenvalue weighted by molar-refractivity contribution is 6.01. The van der Waals surface area contributed by atoms with Crippen molar-refractivity contribution in [3.8, 4) is 0 Å². The lowest BCUT2D eigenvalue weighted by Gasteiger charge is -2.29. The van der Waals surface area contributed by atoms with Crippen LogP contribution < -0.4 is 11.1 Å². The fraction of sp³-hybridized carbons (Fsp3) is 0.357. The Morgan fingerprint density at radius 2 is 2.20 bits per heavy atom. The smallest absolute Gasteiger partial charge is 0.249 e. The van der Waals surface area contributed by atoms with Crippen molar-refractivity contribution >= 4 is 23.4 Å². The molecule has 1 aromatic carbocycles. The first-order valence-corrected chi connectivity index (χ1v) is 6.41. The highest BCUT2D eigenvalue weighted by Gasteiger charge is 2.31. The quantitative estimate of drug-likeness (QED) is 0.603. The molecule has 2 rings (SSSR count). The first-order chi connectivity index (χ1) is 9.47. The average molecular weight is 275 g/mol. The molecule has 1 aromatic rings. The molecule has 1 aliphatic rings. The van der Waals surface area contributed by atoms with Gasteiger partial charge < -0.3 is 10.6 Å². The normalized spacial score (nSPS) is 18.6. The van der Waals surface area contributed by atoms with Crippen molar-refractivity contribution in [2.75, 3.05) is 12.8 Å². The van der Waals surface area contributed by atoms with Gasteiger partial charge in [-0.3, -0.25) is 19.7 Å². The summed E-state index contributed by atoms with van der Waals surface area (Å²) in [7, 11) is 1.58. The molecule has 1 heterocycles. The number of amides is 3. The fourth-order valence-corrected chi connectivity index (χ4v) is 2.23. The summed E-state index contributed by atoms with van der Waals surface area (Å²) in [6, 6.07) is 6.49. The Hall–Kier alpha value is -2.37. The summed E-state index contributed by atoms with van der Waals surface area (Å²) in [5, 5.41) is 2.25. The molecule has 1 fully saturated rings. The van der Waals surface area contributed by atoms with Gasteiger partial charge in [-0.05, 0) is 24.1 Å². The van der Waals surface area contributed by atoms with Crippen LogP contribution >= 0.6 is 0 Å². The number of benzene rings is 1. The Kier molecular flexibility index (Phi) is 4.02. The number of rotatable bonds is 3. The van der Waals surface area contributed by atoms with E-state index in [4.69, 9.17) is 5.73 Å². The van der Waals surface area contributed by atoms with Crippen LogP contribution in [0, 0.1) is 0 Å². The zero-order chi connectivity index (χ0) is 14.7. The van der Waals surface area contributed by atoms with Crippen LogP contribution in [0.3, 0.4) is 0 Å². The first kappa shape index (κ1) is 14.0. The molecule has 20 heavy (non-hydrogen) atoms. The molecule has 6 nitrogen and oxygen atoms in total. The Labute approximate surface area is 116 Å². The number of nitrogens with zero attached hydrogens (tertiary/aromatic N) is 1. The summed E-state index contributed by atoms with van der Waals surface area (Å²) >= 11 is 0. The number of imide groups is 1. The number of hydrogen-bond donors (Lipinski definition) is 2. The third kappa shape index (κ3) is 3.14. The van der Waals surface area contributed by atoms with Crippen molar-refractivity contribution in [2.45, 2.75) is 25.3 Å². The molecular formula is C14H17N3O3. The SMILES string of the molecule is CN(C(=O)Cc1cccc(N)c1)C1CCC(=O)NC1=O. The molecule has 3 amide bonds. The number of anilines is 1. The zero-order valence-electron chi connectivity index (χ0n) is 11.3. The maximum absolute atomic E-state index is 12.2. The van der Waals surface area contributed by atoms with Crippen LogP contribution in [-0.4, -0.2) is 35.7 Å². The molecule has 1 aliphatic heterocycles. The van der Waals surface area contributed by atoms with E-state index >= 15 is 0 Å². The standard InChI is InChI=1S/C14H17N3O3/c1-17(11-5-6-12(18)16-14(11)20)13(19)8-9-3-2-4-10(15)7-9/h2-4,7,11H,5-6,8,15H2,1H3,(H,16,18,20). The van der Waals surface area contributed by atoms with Crippen molar-refractivity contribution in [1.82, 2.24) is 10.2 Å². The lowest BCUT2D eigenvalue weighted by Crippen LogP contribution is -2.53. The van der Waals surface area contributed by atoms with Crippen molar-refractivity contribution in [3.05, 3.63) is 29.8 Å². The lowest BCUT2D eigenvalue weighted by molar-refractivity contribution is -0.144. The van der Waals surface area contributed by atoms with Gasteiger partial charge in [0.2, 0.25) is 17.7 Å². The van der Waals surface area contributed by atoms with Crippen LogP contribution in [0.5, 0.6) is 0 Å². The van der Waals surface area contributed by atoms with Gasteiger partial charge >= 0.3 is 0 Å². The van der Waals surface area contributed by atoms with Gasteiger partial charge in [0.25, 0.3) is 0 Å². The number of nitrogen functional groups attached to an aromatic ring is 1. The molecule has 0 saturated carbocycles. The van der Waals surface area contributed by atoms with E-state index in [1.807, 2.05) is 6.07 Å². The highest BCUT2D eigenvalue weighted by atomic mass is 16.2. The van der Waals surface area contributed by atoms with Gasteiger partial charge in [0.1, 0.15) is 6.04 Å². The Balaban J connectivity index is 2.02. The van der Waals surface area contributed by atoms with Crippen molar-refractivity contribution in [3.63, 3.8) is 0 Å². The minimum atomic E-state index is -0.582. The topological polar surface area (TPSA) is 92.5 Å². The summed E-state index contributed by atoms with van der Waals surface area (Å²) in [6.07, 6.45) is 0.801. The summed E-state index contributed by atoms with van der Waals surface area (Å²) in [4.78, 5) is 36.4. The highest BCUT2D eigenvalue weighted by Crippen LogP contribution is 2.14. The Bertz CT molecular complexity index is 556. The number of carbonyl (C=O) groups excluding carboxylic acids is 3. The predicted octanol–water partition coefficient (Wildman–Crippen LogP) is 0.0749. The summed E-state index contributed by atoms with van der Waals surface area (Å²) in [6.45, 7) is 0. The van der Waals surface area contributed by atoms with Crippen LogP contribution in [-0.2, 0) is 20.8 Å². The molecule has 6 heteroatoms. The van der Waals surface area contributed by atoms with Crippen molar-refractivity contribution in [2.24, 2.45) is 0 Å². The van der Waals surface area contributed by atoms with Crippen molar-refractivity contribution < 1.29 is 14.4 Å². The number of hydrogen-bond acceptors (Lipinski definition) is 4. The molecule has 0 aromatic heterocycles. The van der Waals surface area contributed by atoms with Crippen molar-refractivity contribution in [1.29, 1.82) is 0 Å². The van der Waals surface area contributed by atoms with Gasteiger partial charge in [-0.15, -0.1) is 0 Å². The van der Waals surface area contributed by atoms with E-state index in [0.717, 1.165) is 5.56 Å². The fourth-order valence-electron chi connectivity index (χ4n) is 2.23. The maximum Gasteiger partial charge on any atom is 0.249 e. The van der Waals surface area contributed by atoms with Crippen LogP contribution in [0.4, 0.5) is 5.69 Å². The summed E-state index contributed by atoms with van der Waals surface area (Å²) in [5.74, 6) is -0.877. The largest absolute Gasteiger partial charge is 0.399 e. The molecule has 1 unspecified atom stereocenters. The summed E-state index contributed by atoms with van der Waals surface area (Å²) in [5.41, 5.74) is 7.06. The molecule has 0 radical (unpaired) electrons. The molecule has 0 spiro atoms. The number of nitrogens with two attached hydrogens (primary N) is 1. The molecule has 0 aliphatic carbocycles. The average Bonchev–Trinajstić information content (AvgIpc) is 2.38. The first-order valence-electron chi connectivity index (χ1n) is 6.41. The molecule has 106 valence electrons. The van der Waals surface area contributed by atoms with Gasteiger partial charge in [-0.1, -0.05) is 12.1 Å². The minimum Gasteiger partial charge on any atom is -0.399 e.